The molecule has 20 heavy (non-hydrogen) atoms. The molecule has 0 aliphatic carbocycles. The molecule has 0 atom stereocenters. The Morgan fingerprint density at radius 3 is 2.80 bits per heavy atom. The normalized spacial score (nSPS) is 10.8. The topological polar surface area (TPSA) is 104 Å². The van der Waals surface area contributed by atoms with Gasteiger partial charge in [0.2, 0.25) is 11.5 Å². The number of nitrogens with zero attached hydrogens (tertiary/aromatic N) is 4. The Hall–Kier alpha value is -2.42. The fourth-order valence-electron chi connectivity index (χ4n) is 1.46. The first-order chi connectivity index (χ1) is 9.74. The number of benzene rings is 1. The SMILES string of the molecule is Nc1nonc1-c1nc(CSc2ccccc2F)no1. The van der Waals surface area contributed by atoms with E-state index < -0.39 is 0 Å². The van der Waals surface area contributed by atoms with Gasteiger partial charge < -0.3 is 10.3 Å². The van der Waals surface area contributed by atoms with Gasteiger partial charge in [-0.3, -0.25) is 0 Å². The van der Waals surface area contributed by atoms with Crippen LogP contribution in [0, 0.1) is 5.82 Å². The Bertz CT molecular complexity index is 729. The molecular formula is C11H8FN5O2S. The molecule has 0 unspecified atom stereocenters. The smallest absolute Gasteiger partial charge is 0.284 e. The van der Waals surface area contributed by atoms with E-state index in [9.17, 15) is 4.39 Å². The second-order valence-corrected chi connectivity index (χ2v) is 4.75. The Balaban J connectivity index is 1.72. The molecule has 0 saturated carbocycles. The van der Waals surface area contributed by atoms with E-state index in [0.29, 0.717) is 16.5 Å². The van der Waals surface area contributed by atoms with E-state index in [1.54, 1.807) is 18.2 Å². The first-order valence-electron chi connectivity index (χ1n) is 5.52. The van der Waals surface area contributed by atoms with Crippen molar-refractivity contribution in [3.05, 3.63) is 35.9 Å². The number of rotatable bonds is 4. The summed E-state index contributed by atoms with van der Waals surface area (Å²) in [6.45, 7) is 0. The minimum atomic E-state index is -0.286. The summed E-state index contributed by atoms with van der Waals surface area (Å²) in [5, 5.41) is 10.7. The summed E-state index contributed by atoms with van der Waals surface area (Å²) in [7, 11) is 0. The van der Waals surface area contributed by atoms with Gasteiger partial charge in [-0.25, -0.2) is 9.02 Å². The molecule has 1 aromatic carbocycles. The van der Waals surface area contributed by atoms with Gasteiger partial charge in [-0.15, -0.1) is 11.8 Å². The fourth-order valence-corrected chi connectivity index (χ4v) is 2.24. The van der Waals surface area contributed by atoms with Crippen LogP contribution in [-0.2, 0) is 5.75 Å². The van der Waals surface area contributed by atoms with Crippen molar-refractivity contribution in [1.82, 2.24) is 20.5 Å². The zero-order valence-electron chi connectivity index (χ0n) is 9.99. The van der Waals surface area contributed by atoms with Crippen LogP contribution in [0.4, 0.5) is 10.2 Å². The van der Waals surface area contributed by atoms with Crippen LogP contribution in [0.5, 0.6) is 0 Å². The van der Waals surface area contributed by atoms with E-state index in [-0.39, 0.29) is 23.2 Å². The van der Waals surface area contributed by atoms with Gasteiger partial charge in [0.15, 0.2) is 5.82 Å². The molecule has 0 aliphatic heterocycles. The highest BCUT2D eigenvalue weighted by Crippen LogP contribution is 2.26. The Labute approximate surface area is 116 Å². The molecular weight excluding hydrogens is 285 g/mol. The van der Waals surface area contributed by atoms with E-state index >= 15 is 0 Å². The van der Waals surface area contributed by atoms with Gasteiger partial charge in [-0.2, -0.15) is 4.98 Å². The third kappa shape index (κ3) is 2.48. The fraction of sp³-hybridized carbons (Fsp3) is 0.0909. The molecule has 3 rings (SSSR count). The number of nitrogen functional groups attached to an aromatic ring is 1. The van der Waals surface area contributed by atoms with Gasteiger partial charge in [-0.1, -0.05) is 17.3 Å². The largest absolute Gasteiger partial charge is 0.379 e. The number of hydrogen-bond acceptors (Lipinski definition) is 8. The molecule has 102 valence electrons. The third-order valence-electron chi connectivity index (χ3n) is 2.38. The Kier molecular flexibility index (Phi) is 3.33. The van der Waals surface area contributed by atoms with E-state index in [4.69, 9.17) is 10.3 Å². The minimum Gasteiger partial charge on any atom is -0.379 e. The van der Waals surface area contributed by atoms with Gasteiger partial charge in [0.25, 0.3) is 5.89 Å². The van der Waals surface area contributed by atoms with Crippen LogP contribution < -0.4 is 5.73 Å². The highest BCUT2D eigenvalue weighted by molar-refractivity contribution is 7.98. The predicted octanol–water partition coefficient (Wildman–Crippen LogP) is 2.13. The maximum absolute atomic E-state index is 13.4. The molecule has 0 bridgehead atoms. The van der Waals surface area contributed by atoms with E-state index in [2.05, 4.69) is 25.1 Å². The third-order valence-corrected chi connectivity index (χ3v) is 3.42. The first kappa shape index (κ1) is 12.6. The van der Waals surface area contributed by atoms with E-state index in [0.717, 1.165) is 0 Å². The Morgan fingerprint density at radius 2 is 2.05 bits per heavy atom. The van der Waals surface area contributed by atoms with Gasteiger partial charge in [0.1, 0.15) is 5.82 Å². The summed E-state index contributed by atoms with van der Waals surface area (Å²) in [5.41, 5.74) is 5.71. The summed E-state index contributed by atoms with van der Waals surface area (Å²) < 4.78 is 22.9. The molecule has 2 N–H and O–H groups in total. The van der Waals surface area contributed by atoms with Crippen molar-refractivity contribution in [2.75, 3.05) is 5.73 Å². The van der Waals surface area contributed by atoms with Gasteiger partial charge in [0, 0.05) is 4.90 Å². The highest BCUT2D eigenvalue weighted by atomic mass is 32.2. The average Bonchev–Trinajstić information content (AvgIpc) is 3.06. The van der Waals surface area contributed by atoms with Gasteiger partial charge in [-0.05, 0) is 22.4 Å². The van der Waals surface area contributed by atoms with Crippen molar-refractivity contribution < 1.29 is 13.5 Å². The molecule has 3 aromatic rings. The quantitative estimate of drug-likeness (QED) is 0.729. The van der Waals surface area contributed by atoms with Crippen LogP contribution in [0.1, 0.15) is 5.82 Å². The lowest BCUT2D eigenvalue weighted by atomic mass is 10.3. The van der Waals surface area contributed by atoms with Crippen molar-refractivity contribution >= 4 is 17.6 Å². The zero-order chi connectivity index (χ0) is 13.9. The van der Waals surface area contributed by atoms with Crippen LogP contribution in [0.25, 0.3) is 11.6 Å². The monoisotopic (exact) mass is 293 g/mol. The first-order valence-corrected chi connectivity index (χ1v) is 6.51. The average molecular weight is 293 g/mol. The van der Waals surface area contributed by atoms with E-state index in [1.165, 1.54) is 17.8 Å². The molecule has 9 heteroatoms. The number of anilines is 1. The van der Waals surface area contributed by atoms with Crippen molar-refractivity contribution in [1.29, 1.82) is 0 Å². The van der Waals surface area contributed by atoms with Crippen LogP contribution in [0.15, 0.2) is 38.3 Å². The molecule has 0 aliphatic rings. The predicted molar refractivity (Wildman–Crippen MR) is 68.0 cm³/mol. The van der Waals surface area contributed by atoms with Crippen LogP contribution >= 0.6 is 11.8 Å². The van der Waals surface area contributed by atoms with Crippen molar-refractivity contribution in [3.8, 4) is 11.6 Å². The Morgan fingerprint density at radius 1 is 1.20 bits per heavy atom. The summed E-state index contributed by atoms with van der Waals surface area (Å²) in [6.07, 6.45) is 0. The molecule has 0 saturated heterocycles. The van der Waals surface area contributed by atoms with Gasteiger partial charge in [0.05, 0.1) is 5.75 Å². The molecule has 0 radical (unpaired) electrons. The number of halogens is 1. The summed E-state index contributed by atoms with van der Waals surface area (Å²) >= 11 is 1.26. The van der Waals surface area contributed by atoms with Crippen LogP contribution in [0.2, 0.25) is 0 Å². The summed E-state index contributed by atoms with van der Waals surface area (Å²) in [5.74, 6) is 0.659. The number of thioether (sulfide) groups is 1. The molecule has 2 heterocycles. The highest BCUT2D eigenvalue weighted by Gasteiger charge is 2.17. The molecule has 0 spiro atoms. The standard InChI is InChI=1S/C11H8FN5O2S/c12-6-3-1-2-4-7(6)20-5-8-14-11(18-15-8)9-10(13)17-19-16-9/h1-4H,5H2,(H2,13,17). The minimum absolute atomic E-state index is 0.0713. The lowest BCUT2D eigenvalue weighted by Crippen LogP contribution is -1.89. The van der Waals surface area contributed by atoms with Crippen molar-refractivity contribution in [2.24, 2.45) is 0 Å². The van der Waals surface area contributed by atoms with Crippen LogP contribution in [0.3, 0.4) is 0 Å². The van der Waals surface area contributed by atoms with Crippen LogP contribution in [-0.4, -0.2) is 20.5 Å². The second kappa shape index (κ2) is 5.29. The number of nitrogens with two attached hydrogens (primary N) is 1. The maximum Gasteiger partial charge on any atom is 0.284 e. The number of aromatic nitrogens is 4. The van der Waals surface area contributed by atoms with Crippen molar-refractivity contribution in [2.45, 2.75) is 10.6 Å². The van der Waals surface area contributed by atoms with Crippen molar-refractivity contribution in [3.63, 3.8) is 0 Å². The zero-order valence-corrected chi connectivity index (χ0v) is 10.8. The maximum atomic E-state index is 13.4. The molecule has 0 fully saturated rings. The lowest BCUT2D eigenvalue weighted by molar-refractivity contribution is 0.308. The summed E-state index contributed by atoms with van der Waals surface area (Å²) in [4.78, 5) is 4.61. The molecule has 7 nitrogen and oxygen atoms in total. The van der Waals surface area contributed by atoms with E-state index in [1.807, 2.05) is 0 Å². The second-order valence-electron chi connectivity index (χ2n) is 3.73. The summed E-state index contributed by atoms with van der Waals surface area (Å²) in [6, 6.07) is 6.47. The molecule has 2 aromatic heterocycles. The van der Waals surface area contributed by atoms with Gasteiger partial charge >= 0.3 is 0 Å². The lowest BCUT2D eigenvalue weighted by Gasteiger charge is -1.98. The molecule has 0 amide bonds. The number of hydrogen-bond donors (Lipinski definition) is 1.